The maximum absolute atomic E-state index is 12.7. The first-order valence-electron chi connectivity index (χ1n) is 7.56. The minimum absolute atomic E-state index is 0.132. The second kappa shape index (κ2) is 4.21. The summed E-state index contributed by atoms with van der Waals surface area (Å²) in [5, 5.41) is 2.85. The summed E-state index contributed by atoms with van der Waals surface area (Å²) in [7, 11) is 1.70. The van der Waals surface area contributed by atoms with Crippen LogP contribution >= 0.6 is 0 Å². The monoisotopic (exact) mass is 293 g/mol. The minimum atomic E-state index is -0.754. The van der Waals surface area contributed by atoms with Crippen molar-refractivity contribution in [1.29, 1.82) is 0 Å². The van der Waals surface area contributed by atoms with Crippen LogP contribution in [0.1, 0.15) is 40.0 Å². The van der Waals surface area contributed by atoms with Gasteiger partial charge in [-0.15, -0.1) is 0 Å². The molecule has 3 rings (SSSR count). The van der Waals surface area contributed by atoms with Gasteiger partial charge < -0.3 is 10.2 Å². The van der Waals surface area contributed by atoms with E-state index in [0.717, 1.165) is 0 Å². The Morgan fingerprint density at radius 2 is 1.81 bits per heavy atom. The number of likely N-dealkylation sites (N-methyl/N-ethyl adjacent to an activating group) is 1. The Morgan fingerprint density at radius 1 is 1.19 bits per heavy atom. The maximum atomic E-state index is 12.7. The van der Waals surface area contributed by atoms with E-state index in [1.165, 1.54) is 4.90 Å². The van der Waals surface area contributed by atoms with Crippen LogP contribution in [-0.2, 0) is 9.59 Å². The summed E-state index contributed by atoms with van der Waals surface area (Å²) in [6, 6.07) is -1.02. The number of likely N-dealkylation sites (tertiary alicyclic amines) is 1. The molecule has 0 bridgehead atoms. The number of imide groups is 1. The number of urea groups is 1. The molecule has 4 amide bonds. The Balaban J connectivity index is 1.77. The van der Waals surface area contributed by atoms with Gasteiger partial charge in [0.15, 0.2) is 0 Å². The molecule has 1 atom stereocenters. The second-order valence-corrected chi connectivity index (χ2v) is 7.72. The van der Waals surface area contributed by atoms with Crippen molar-refractivity contribution in [2.45, 2.75) is 51.6 Å². The Bertz CT molecular complexity index is 517. The highest BCUT2D eigenvalue weighted by molar-refractivity contribution is 6.10. The largest absolute Gasteiger partial charge is 0.344 e. The lowest BCUT2D eigenvalue weighted by atomic mass is 9.59. The van der Waals surface area contributed by atoms with E-state index in [9.17, 15) is 14.4 Å². The van der Waals surface area contributed by atoms with Gasteiger partial charge in [0.05, 0.1) is 0 Å². The summed E-state index contributed by atoms with van der Waals surface area (Å²) in [6.45, 7) is 7.05. The molecule has 1 saturated carbocycles. The van der Waals surface area contributed by atoms with Gasteiger partial charge >= 0.3 is 6.03 Å². The van der Waals surface area contributed by atoms with Crippen molar-refractivity contribution in [3.05, 3.63) is 0 Å². The van der Waals surface area contributed by atoms with Crippen molar-refractivity contribution in [2.75, 3.05) is 13.6 Å². The number of carbonyl (C=O) groups excluding carboxylic acids is 3. The van der Waals surface area contributed by atoms with E-state index in [4.69, 9.17) is 0 Å². The molecule has 116 valence electrons. The molecule has 6 heteroatoms. The molecule has 3 fully saturated rings. The van der Waals surface area contributed by atoms with E-state index >= 15 is 0 Å². The summed E-state index contributed by atoms with van der Waals surface area (Å²) < 4.78 is 0. The van der Waals surface area contributed by atoms with Crippen LogP contribution in [0.15, 0.2) is 0 Å². The first-order valence-corrected chi connectivity index (χ1v) is 7.56. The SMILES string of the molecule is CN1CCC(N2C(=O)NC3(CC(C(C)(C)C)C3)C2=O)C1=O. The lowest BCUT2D eigenvalue weighted by molar-refractivity contribution is -0.143. The Kier molecular flexibility index (Phi) is 2.88. The third kappa shape index (κ3) is 1.95. The number of carbonyl (C=O) groups is 3. The molecule has 0 radical (unpaired) electrons. The number of nitrogens with zero attached hydrogens (tertiary/aromatic N) is 2. The molecule has 1 N–H and O–H groups in total. The highest BCUT2D eigenvalue weighted by Crippen LogP contribution is 2.50. The first-order chi connectivity index (χ1) is 9.66. The third-order valence-electron chi connectivity index (χ3n) is 5.32. The van der Waals surface area contributed by atoms with Gasteiger partial charge in [-0.25, -0.2) is 9.69 Å². The molecular formula is C15H23N3O3. The Labute approximate surface area is 124 Å². The zero-order chi connectivity index (χ0) is 15.6. The number of nitrogens with one attached hydrogen (secondary N) is 1. The predicted molar refractivity (Wildman–Crippen MR) is 76.3 cm³/mol. The first kappa shape index (κ1) is 14.4. The molecular weight excluding hydrogens is 270 g/mol. The van der Waals surface area contributed by atoms with Crippen molar-refractivity contribution in [2.24, 2.45) is 11.3 Å². The highest BCUT2D eigenvalue weighted by Gasteiger charge is 2.62. The van der Waals surface area contributed by atoms with Gasteiger partial charge in [0.2, 0.25) is 5.91 Å². The van der Waals surface area contributed by atoms with Gasteiger partial charge in [-0.3, -0.25) is 9.59 Å². The van der Waals surface area contributed by atoms with E-state index in [1.807, 2.05) is 0 Å². The van der Waals surface area contributed by atoms with Crippen LogP contribution in [0.25, 0.3) is 0 Å². The molecule has 1 unspecified atom stereocenters. The molecule has 2 heterocycles. The average Bonchev–Trinajstić information content (AvgIpc) is 2.76. The van der Waals surface area contributed by atoms with Crippen molar-refractivity contribution < 1.29 is 14.4 Å². The molecule has 1 spiro atoms. The molecule has 0 aromatic rings. The van der Waals surface area contributed by atoms with Gasteiger partial charge in [0, 0.05) is 13.6 Å². The van der Waals surface area contributed by atoms with E-state index in [1.54, 1.807) is 11.9 Å². The predicted octanol–water partition coefficient (Wildman–Crippen LogP) is 0.964. The van der Waals surface area contributed by atoms with E-state index in [0.29, 0.717) is 31.7 Å². The summed E-state index contributed by atoms with van der Waals surface area (Å²) in [5.41, 5.74) is -0.621. The van der Waals surface area contributed by atoms with Crippen molar-refractivity contribution >= 4 is 17.8 Å². The van der Waals surface area contributed by atoms with Crippen LogP contribution in [0.5, 0.6) is 0 Å². The number of rotatable bonds is 1. The van der Waals surface area contributed by atoms with E-state index in [2.05, 4.69) is 26.1 Å². The standard InChI is InChI=1S/C15H23N3O3/c1-14(2,3)9-7-15(8-9)12(20)18(13(21)16-15)10-5-6-17(4)11(10)19/h9-10H,5-8H2,1-4H3,(H,16,21). The van der Waals surface area contributed by atoms with Crippen LogP contribution in [0.2, 0.25) is 0 Å². The van der Waals surface area contributed by atoms with E-state index in [-0.39, 0.29) is 17.2 Å². The zero-order valence-corrected chi connectivity index (χ0v) is 13.1. The Hall–Kier alpha value is -1.59. The van der Waals surface area contributed by atoms with Gasteiger partial charge in [-0.2, -0.15) is 0 Å². The van der Waals surface area contributed by atoms with Crippen LogP contribution < -0.4 is 5.32 Å². The number of amides is 4. The summed E-state index contributed by atoms with van der Waals surface area (Å²) in [6.07, 6.45) is 1.88. The average molecular weight is 293 g/mol. The smallest absolute Gasteiger partial charge is 0.325 e. The van der Waals surface area contributed by atoms with Crippen LogP contribution in [0, 0.1) is 11.3 Å². The van der Waals surface area contributed by atoms with Crippen LogP contribution in [0.3, 0.4) is 0 Å². The van der Waals surface area contributed by atoms with Gasteiger partial charge in [-0.1, -0.05) is 20.8 Å². The minimum Gasteiger partial charge on any atom is -0.344 e. The molecule has 2 saturated heterocycles. The Morgan fingerprint density at radius 3 is 2.29 bits per heavy atom. The lowest BCUT2D eigenvalue weighted by Gasteiger charge is -2.49. The van der Waals surface area contributed by atoms with Crippen LogP contribution in [0.4, 0.5) is 4.79 Å². The fourth-order valence-corrected chi connectivity index (χ4v) is 3.64. The molecule has 0 aromatic heterocycles. The second-order valence-electron chi connectivity index (χ2n) is 7.72. The van der Waals surface area contributed by atoms with Crippen molar-refractivity contribution in [3.8, 4) is 0 Å². The molecule has 3 aliphatic rings. The normalized spacial score (nSPS) is 36.5. The quantitative estimate of drug-likeness (QED) is 0.732. The molecule has 1 aliphatic carbocycles. The third-order valence-corrected chi connectivity index (χ3v) is 5.32. The summed E-state index contributed by atoms with van der Waals surface area (Å²) >= 11 is 0. The lowest BCUT2D eigenvalue weighted by Crippen LogP contribution is -2.60. The molecule has 21 heavy (non-hydrogen) atoms. The van der Waals surface area contributed by atoms with E-state index < -0.39 is 17.6 Å². The zero-order valence-electron chi connectivity index (χ0n) is 13.1. The topological polar surface area (TPSA) is 69.7 Å². The van der Waals surface area contributed by atoms with Gasteiger partial charge in [0.1, 0.15) is 11.6 Å². The van der Waals surface area contributed by atoms with Gasteiger partial charge in [0.25, 0.3) is 5.91 Å². The fraction of sp³-hybridized carbons (Fsp3) is 0.800. The molecule has 0 aromatic carbocycles. The summed E-state index contributed by atoms with van der Waals surface area (Å²) in [4.78, 5) is 39.7. The number of hydrogen-bond donors (Lipinski definition) is 1. The summed E-state index contributed by atoms with van der Waals surface area (Å²) in [5.74, 6) is 0.0764. The molecule has 2 aliphatic heterocycles. The van der Waals surface area contributed by atoms with Crippen LogP contribution in [-0.4, -0.2) is 52.8 Å². The fourth-order valence-electron chi connectivity index (χ4n) is 3.64. The van der Waals surface area contributed by atoms with Crippen molar-refractivity contribution in [3.63, 3.8) is 0 Å². The molecule has 6 nitrogen and oxygen atoms in total. The maximum Gasteiger partial charge on any atom is 0.325 e. The van der Waals surface area contributed by atoms with Gasteiger partial charge in [-0.05, 0) is 30.6 Å². The highest BCUT2D eigenvalue weighted by atomic mass is 16.2. The van der Waals surface area contributed by atoms with Crippen molar-refractivity contribution in [1.82, 2.24) is 15.1 Å². The number of hydrogen-bond acceptors (Lipinski definition) is 3.